The Balaban J connectivity index is 0. The first-order chi connectivity index (χ1) is 9.91. The summed E-state index contributed by atoms with van der Waals surface area (Å²) in [5, 5.41) is 0. The minimum atomic E-state index is -0.180. The van der Waals surface area contributed by atoms with Gasteiger partial charge in [-0.05, 0) is 54.4 Å². The van der Waals surface area contributed by atoms with Crippen molar-refractivity contribution in [3.8, 4) is 0 Å². The minimum Gasteiger partial charge on any atom is -0.358 e. The summed E-state index contributed by atoms with van der Waals surface area (Å²) in [6.45, 7) is 4.63. The number of rotatable bonds is 9. The van der Waals surface area contributed by atoms with Gasteiger partial charge in [-0.1, -0.05) is 6.42 Å². The summed E-state index contributed by atoms with van der Waals surface area (Å²) in [7, 11) is 13.1. The second-order valence-corrected chi connectivity index (χ2v) is 9.54. The Morgan fingerprint density at radius 2 is 1.35 bits per heavy atom. The van der Waals surface area contributed by atoms with Gasteiger partial charge < -0.3 is 23.6 Å². The molecule has 23 heavy (non-hydrogen) atoms. The maximum absolute atomic E-state index is 2.63. The summed E-state index contributed by atoms with van der Waals surface area (Å²) in [6.07, 6.45) is 7.93. The fourth-order valence-corrected chi connectivity index (χ4v) is 5.82. The molecule has 0 N–H and O–H groups in total. The molecule has 4 nitrogen and oxygen atoms in total. The number of nitrogens with zero attached hydrogens (tertiary/aromatic N) is 4. The number of likely N-dealkylation sites (N-methyl/N-ethyl adjacent to an activating group) is 4. The van der Waals surface area contributed by atoms with E-state index in [1.54, 1.807) is 0 Å². The molecule has 0 bridgehead atoms. The van der Waals surface area contributed by atoms with Gasteiger partial charge in [-0.3, -0.25) is 9.34 Å². The Morgan fingerprint density at radius 1 is 0.870 bits per heavy atom. The molecule has 0 aromatic carbocycles. The quantitative estimate of drug-likeness (QED) is 0.343. The molecule has 1 aliphatic carbocycles. The third-order valence-corrected chi connectivity index (χ3v) is 7.07. The van der Waals surface area contributed by atoms with Crippen LogP contribution in [0.1, 0.15) is 25.7 Å². The molecule has 1 aliphatic rings. The average molecular weight is 386 g/mol. The van der Waals surface area contributed by atoms with Crippen LogP contribution in [0.25, 0.3) is 0 Å². The molecule has 0 aliphatic heterocycles. The Labute approximate surface area is 158 Å². The van der Waals surface area contributed by atoms with Crippen molar-refractivity contribution in [2.75, 3.05) is 68.5 Å². The largest absolute Gasteiger partial charge is 2.00 e. The van der Waals surface area contributed by atoms with Crippen LogP contribution in [0.4, 0.5) is 0 Å². The van der Waals surface area contributed by atoms with Gasteiger partial charge in [0.15, 0.2) is 0 Å². The van der Waals surface area contributed by atoms with Crippen LogP contribution in [0.5, 0.6) is 0 Å². The summed E-state index contributed by atoms with van der Waals surface area (Å²) in [4.78, 5) is 4.58. The maximum atomic E-state index is 2.63. The second kappa shape index (κ2) is 14.0. The van der Waals surface area contributed by atoms with Crippen LogP contribution >= 0.6 is 8.22 Å². The molecule has 0 heterocycles. The summed E-state index contributed by atoms with van der Waals surface area (Å²) in [6, 6.07) is 0. The van der Waals surface area contributed by atoms with Gasteiger partial charge in [0.2, 0.25) is 0 Å². The molecular formula is C17H39FeN4P. The van der Waals surface area contributed by atoms with Gasteiger partial charge in [-0.25, -0.2) is 0 Å². The molecule has 0 aromatic rings. The molecule has 1 saturated carbocycles. The van der Waals surface area contributed by atoms with Crippen LogP contribution in [-0.2, 0) is 17.1 Å². The van der Waals surface area contributed by atoms with Gasteiger partial charge >= 0.3 is 17.1 Å². The van der Waals surface area contributed by atoms with Crippen LogP contribution in [-0.4, -0.2) is 93.3 Å². The first kappa shape index (κ1) is 26.0. The van der Waals surface area contributed by atoms with Crippen molar-refractivity contribution in [2.45, 2.75) is 31.3 Å². The predicted molar refractivity (Wildman–Crippen MR) is 102 cm³/mol. The van der Waals surface area contributed by atoms with Crippen molar-refractivity contribution in [1.29, 1.82) is 0 Å². The van der Waals surface area contributed by atoms with Crippen LogP contribution < -0.4 is 0 Å². The van der Waals surface area contributed by atoms with Crippen molar-refractivity contribution in [3.05, 3.63) is 13.8 Å². The molecule has 1 fully saturated rings. The van der Waals surface area contributed by atoms with E-state index in [9.17, 15) is 0 Å². The van der Waals surface area contributed by atoms with Crippen molar-refractivity contribution in [1.82, 2.24) is 19.1 Å². The van der Waals surface area contributed by atoms with E-state index in [0.717, 1.165) is 18.7 Å². The third kappa shape index (κ3) is 10.4. The van der Waals surface area contributed by atoms with Crippen LogP contribution in [0.3, 0.4) is 0 Å². The number of hydrogen-bond donors (Lipinski definition) is 0. The standard InChI is InChI=1S/C16H36N4P.CH3.Fe/c1-17(2)12-14-19(5)21(16-10-8-7-9-11-16)20(6)15-13-18(3)4;;/h8,16H,7,9-15H2,1-6H3;1H3;/q2*-1;+2. The van der Waals surface area contributed by atoms with Crippen LogP contribution in [0.15, 0.2) is 0 Å². The minimum absolute atomic E-state index is 0. The van der Waals surface area contributed by atoms with E-state index in [-0.39, 0.29) is 32.7 Å². The fourth-order valence-electron chi connectivity index (χ4n) is 2.85. The Kier molecular flexibility index (Phi) is 15.9. The molecule has 140 valence electrons. The molecule has 1 rings (SSSR count). The van der Waals surface area contributed by atoms with E-state index >= 15 is 0 Å². The van der Waals surface area contributed by atoms with E-state index in [1.165, 1.54) is 38.8 Å². The van der Waals surface area contributed by atoms with Gasteiger partial charge in [0.05, 0.1) is 0 Å². The van der Waals surface area contributed by atoms with Crippen LogP contribution in [0.2, 0.25) is 0 Å². The topological polar surface area (TPSA) is 13.0 Å². The molecule has 1 unspecified atom stereocenters. The van der Waals surface area contributed by atoms with Crippen molar-refractivity contribution < 1.29 is 17.1 Å². The fraction of sp³-hybridized carbons (Fsp3) is 0.882. The van der Waals surface area contributed by atoms with Crippen LogP contribution in [0, 0.1) is 13.8 Å². The Bertz CT molecular complexity index is 255. The summed E-state index contributed by atoms with van der Waals surface area (Å²) < 4.78 is 5.27. The molecule has 6 heteroatoms. The molecule has 0 aromatic heterocycles. The Hall–Kier alpha value is 0.789. The van der Waals surface area contributed by atoms with Gasteiger partial charge in [0.25, 0.3) is 0 Å². The van der Waals surface area contributed by atoms with E-state index in [0.29, 0.717) is 0 Å². The Morgan fingerprint density at radius 3 is 1.70 bits per heavy atom. The van der Waals surface area contributed by atoms with Crippen molar-refractivity contribution in [3.63, 3.8) is 0 Å². The normalized spacial score (nSPS) is 18.7. The molecule has 0 amide bonds. The van der Waals surface area contributed by atoms with E-state index < -0.39 is 0 Å². The molecular weight excluding hydrogens is 347 g/mol. The van der Waals surface area contributed by atoms with E-state index in [4.69, 9.17) is 0 Å². The van der Waals surface area contributed by atoms with E-state index in [2.05, 4.69) is 67.8 Å². The van der Waals surface area contributed by atoms with E-state index in [1.807, 2.05) is 0 Å². The molecule has 0 spiro atoms. The van der Waals surface area contributed by atoms with Crippen molar-refractivity contribution >= 4 is 8.22 Å². The zero-order valence-electron chi connectivity index (χ0n) is 16.4. The smallest absolute Gasteiger partial charge is 0.358 e. The first-order valence-corrected chi connectivity index (χ1v) is 9.56. The summed E-state index contributed by atoms with van der Waals surface area (Å²) in [5.41, 5.74) is 0.855. The maximum Gasteiger partial charge on any atom is 2.00 e. The van der Waals surface area contributed by atoms with Gasteiger partial charge in [0.1, 0.15) is 0 Å². The van der Waals surface area contributed by atoms with Crippen molar-refractivity contribution in [2.24, 2.45) is 0 Å². The van der Waals surface area contributed by atoms with Gasteiger partial charge in [0, 0.05) is 34.4 Å². The molecule has 0 radical (unpaired) electrons. The van der Waals surface area contributed by atoms with Gasteiger partial charge in [-0.2, -0.15) is 12.8 Å². The zero-order chi connectivity index (χ0) is 15.8. The molecule has 0 saturated heterocycles. The molecule has 1 atom stereocenters. The summed E-state index contributed by atoms with van der Waals surface area (Å²) >= 11 is 0. The summed E-state index contributed by atoms with van der Waals surface area (Å²) in [5.74, 6) is 0. The second-order valence-electron chi connectivity index (χ2n) is 6.80. The van der Waals surface area contributed by atoms with Gasteiger partial charge in [-0.15, -0.1) is 0 Å². The average Bonchev–Trinajstić information content (AvgIpc) is 2.44. The predicted octanol–water partition coefficient (Wildman–Crippen LogP) is 2.88. The first-order valence-electron chi connectivity index (χ1n) is 8.24. The number of hydrogen-bond acceptors (Lipinski definition) is 4. The third-order valence-electron chi connectivity index (χ3n) is 4.15. The SMILES string of the molecule is CN(C)CCN(C)P(C1C[CH-]CCC1)N(C)CCN(C)C.[CH3-].[Fe+2]. The zero-order valence-corrected chi connectivity index (χ0v) is 18.4. The monoisotopic (exact) mass is 386 g/mol.